The fourth-order valence-electron chi connectivity index (χ4n) is 3.28. The molecule has 0 bridgehead atoms. The van der Waals surface area contributed by atoms with Crippen molar-refractivity contribution in [1.82, 2.24) is 4.90 Å². The molecule has 0 unspecified atom stereocenters. The van der Waals surface area contributed by atoms with Crippen LogP contribution in [0.1, 0.15) is 37.8 Å². The number of ether oxygens (including phenoxy) is 3. The minimum absolute atomic E-state index is 0.180. The Kier molecular flexibility index (Phi) is 9.13. The molecule has 0 saturated carbocycles. The van der Waals surface area contributed by atoms with Gasteiger partial charge < -0.3 is 19.5 Å². The number of thioether (sulfide) groups is 1. The Morgan fingerprint density at radius 3 is 2.42 bits per heavy atom. The van der Waals surface area contributed by atoms with Gasteiger partial charge in [0.1, 0.15) is 6.54 Å². The summed E-state index contributed by atoms with van der Waals surface area (Å²) in [5.41, 5.74) is 2.31. The molecule has 9 nitrogen and oxygen atoms in total. The summed E-state index contributed by atoms with van der Waals surface area (Å²) in [7, 11) is 1.26. The van der Waals surface area contributed by atoms with Gasteiger partial charge in [0.15, 0.2) is 18.1 Å². The number of carbonyl (C=O) groups is 4. The molecule has 36 heavy (non-hydrogen) atoms. The van der Waals surface area contributed by atoms with Crippen molar-refractivity contribution in [2.45, 2.75) is 26.7 Å². The fraction of sp³-hybridized carbons (Fsp3) is 0.308. The quantitative estimate of drug-likeness (QED) is 0.368. The van der Waals surface area contributed by atoms with E-state index in [0.717, 1.165) is 22.2 Å². The summed E-state index contributed by atoms with van der Waals surface area (Å²) in [6, 6.07) is 12.3. The third-order valence-electron chi connectivity index (χ3n) is 5.17. The second kappa shape index (κ2) is 12.3. The SMILES string of the molecule is CCOc1cc(/C=C2/SC(=O)N(CC(=O)Nc3ccc(C(C)C)cc3)C2=O)ccc1OCC(=O)OC. The smallest absolute Gasteiger partial charge is 0.343 e. The van der Waals surface area contributed by atoms with Crippen LogP contribution in [0.25, 0.3) is 6.08 Å². The largest absolute Gasteiger partial charge is 0.490 e. The van der Waals surface area contributed by atoms with Crippen LogP contribution in [0.4, 0.5) is 10.5 Å². The number of anilines is 1. The van der Waals surface area contributed by atoms with Gasteiger partial charge in [-0.25, -0.2) is 4.79 Å². The molecule has 1 fully saturated rings. The standard InChI is InChI=1S/C26H28N2O7S/c1-5-34-21-12-17(6-11-20(21)35-15-24(30)33-4)13-22-25(31)28(26(32)36-22)14-23(29)27-19-9-7-18(8-10-19)16(2)3/h6-13,16H,5,14-15H2,1-4H3,(H,27,29)/b22-13+. The summed E-state index contributed by atoms with van der Waals surface area (Å²) in [5.74, 6) is -0.486. The van der Waals surface area contributed by atoms with Gasteiger partial charge in [0.05, 0.1) is 18.6 Å². The third kappa shape index (κ3) is 6.88. The maximum Gasteiger partial charge on any atom is 0.343 e. The van der Waals surface area contributed by atoms with Gasteiger partial charge >= 0.3 is 5.97 Å². The maximum atomic E-state index is 12.8. The van der Waals surface area contributed by atoms with E-state index in [4.69, 9.17) is 9.47 Å². The first-order valence-corrected chi connectivity index (χ1v) is 12.1. The Hall–Kier alpha value is -3.79. The highest BCUT2D eigenvalue weighted by Gasteiger charge is 2.36. The minimum Gasteiger partial charge on any atom is -0.490 e. The van der Waals surface area contributed by atoms with Crippen molar-refractivity contribution >= 4 is 46.5 Å². The minimum atomic E-state index is -0.556. The zero-order chi connectivity index (χ0) is 26.2. The molecule has 1 heterocycles. The molecule has 1 saturated heterocycles. The summed E-state index contributed by atoms with van der Waals surface area (Å²) in [5, 5.41) is 2.19. The number of carbonyl (C=O) groups excluding carboxylic acids is 4. The van der Waals surface area contributed by atoms with Crippen LogP contribution in [0.3, 0.4) is 0 Å². The van der Waals surface area contributed by atoms with E-state index in [1.807, 2.05) is 12.1 Å². The molecule has 10 heteroatoms. The van der Waals surface area contributed by atoms with Crippen LogP contribution in [0.2, 0.25) is 0 Å². The fourth-order valence-corrected chi connectivity index (χ4v) is 4.12. The topological polar surface area (TPSA) is 111 Å². The zero-order valence-corrected chi connectivity index (χ0v) is 21.3. The highest BCUT2D eigenvalue weighted by molar-refractivity contribution is 8.18. The van der Waals surface area contributed by atoms with Crippen molar-refractivity contribution in [2.75, 3.05) is 32.2 Å². The molecule has 0 aromatic heterocycles. The summed E-state index contributed by atoms with van der Waals surface area (Å²) < 4.78 is 15.6. The van der Waals surface area contributed by atoms with E-state index in [1.54, 1.807) is 43.3 Å². The first-order valence-electron chi connectivity index (χ1n) is 11.3. The average molecular weight is 513 g/mol. The van der Waals surface area contributed by atoms with Crippen LogP contribution in [0.15, 0.2) is 47.4 Å². The number of methoxy groups -OCH3 is 1. The van der Waals surface area contributed by atoms with E-state index in [0.29, 0.717) is 35.3 Å². The van der Waals surface area contributed by atoms with Gasteiger partial charge in [0.2, 0.25) is 5.91 Å². The van der Waals surface area contributed by atoms with Crippen molar-refractivity contribution < 1.29 is 33.4 Å². The van der Waals surface area contributed by atoms with Crippen LogP contribution in [-0.4, -0.2) is 54.8 Å². The van der Waals surface area contributed by atoms with Crippen molar-refractivity contribution in [3.8, 4) is 11.5 Å². The summed E-state index contributed by atoms with van der Waals surface area (Å²) >= 11 is 0.756. The molecule has 2 aromatic carbocycles. The summed E-state index contributed by atoms with van der Waals surface area (Å²) in [6.07, 6.45) is 1.54. The average Bonchev–Trinajstić information content (AvgIpc) is 3.11. The van der Waals surface area contributed by atoms with Crippen LogP contribution in [-0.2, 0) is 19.1 Å². The highest BCUT2D eigenvalue weighted by Crippen LogP contribution is 2.34. The van der Waals surface area contributed by atoms with Crippen LogP contribution < -0.4 is 14.8 Å². The Labute approximate surface area is 213 Å². The molecule has 0 aliphatic carbocycles. The normalized spacial score (nSPS) is 14.4. The molecular formula is C26H28N2O7S. The molecule has 0 spiro atoms. The van der Waals surface area contributed by atoms with Crippen molar-refractivity contribution in [3.63, 3.8) is 0 Å². The Morgan fingerprint density at radius 2 is 1.78 bits per heavy atom. The van der Waals surface area contributed by atoms with Gasteiger partial charge in [-0.15, -0.1) is 0 Å². The van der Waals surface area contributed by atoms with Crippen LogP contribution in [0, 0.1) is 0 Å². The van der Waals surface area contributed by atoms with E-state index in [2.05, 4.69) is 23.9 Å². The van der Waals surface area contributed by atoms with Gasteiger partial charge in [-0.05, 0) is 66.1 Å². The molecule has 3 rings (SSSR count). The predicted molar refractivity (Wildman–Crippen MR) is 137 cm³/mol. The highest BCUT2D eigenvalue weighted by atomic mass is 32.2. The number of imide groups is 1. The Morgan fingerprint density at radius 1 is 1.06 bits per heavy atom. The van der Waals surface area contributed by atoms with E-state index in [1.165, 1.54) is 7.11 Å². The second-order valence-corrected chi connectivity index (χ2v) is 9.09. The van der Waals surface area contributed by atoms with Gasteiger partial charge in [0, 0.05) is 5.69 Å². The van der Waals surface area contributed by atoms with E-state index in [9.17, 15) is 19.2 Å². The number of rotatable bonds is 10. The Balaban J connectivity index is 1.68. The maximum absolute atomic E-state index is 12.8. The number of amides is 3. The molecule has 0 radical (unpaired) electrons. The van der Waals surface area contributed by atoms with E-state index >= 15 is 0 Å². The summed E-state index contributed by atoms with van der Waals surface area (Å²) in [6.45, 7) is 5.63. The lowest BCUT2D eigenvalue weighted by Gasteiger charge is -2.13. The van der Waals surface area contributed by atoms with E-state index < -0.39 is 29.6 Å². The van der Waals surface area contributed by atoms with Crippen LogP contribution >= 0.6 is 11.8 Å². The number of esters is 1. The van der Waals surface area contributed by atoms with Crippen molar-refractivity contribution in [3.05, 3.63) is 58.5 Å². The zero-order valence-electron chi connectivity index (χ0n) is 20.5. The molecule has 1 N–H and O–H groups in total. The van der Waals surface area contributed by atoms with Gasteiger partial charge in [-0.2, -0.15) is 0 Å². The first kappa shape index (κ1) is 26.8. The number of nitrogens with zero attached hydrogens (tertiary/aromatic N) is 1. The van der Waals surface area contributed by atoms with Crippen molar-refractivity contribution in [1.29, 1.82) is 0 Å². The molecular weight excluding hydrogens is 484 g/mol. The summed E-state index contributed by atoms with van der Waals surface area (Å²) in [4.78, 5) is 50.2. The molecule has 1 aliphatic heterocycles. The van der Waals surface area contributed by atoms with Gasteiger partial charge in [-0.1, -0.05) is 32.0 Å². The number of benzene rings is 2. The first-order chi connectivity index (χ1) is 17.2. The van der Waals surface area contributed by atoms with Gasteiger partial charge in [-0.3, -0.25) is 19.3 Å². The molecule has 190 valence electrons. The monoisotopic (exact) mass is 512 g/mol. The lowest BCUT2D eigenvalue weighted by molar-refractivity contribution is -0.143. The number of nitrogens with one attached hydrogen (secondary N) is 1. The molecule has 2 aromatic rings. The molecule has 0 atom stereocenters. The number of hydrogen-bond acceptors (Lipinski definition) is 8. The predicted octanol–water partition coefficient (Wildman–Crippen LogP) is 4.44. The molecule has 3 amide bonds. The second-order valence-electron chi connectivity index (χ2n) is 8.10. The van der Waals surface area contributed by atoms with Crippen LogP contribution in [0.5, 0.6) is 11.5 Å². The van der Waals surface area contributed by atoms with Gasteiger partial charge in [0.25, 0.3) is 11.1 Å². The van der Waals surface area contributed by atoms with E-state index in [-0.39, 0.29) is 11.5 Å². The third-order valence-corrected chi connectivity index (χ3v) is 6.08. The lowest BCUT2D eigenvalue weighted by atomic mass is 10.0. The number of hydrogen-bond donors (Lipinski definition) is 1. The lowest BCUT2D eigenvalue weighted by Crippen LogP contribution is -2.36. The molecule has 1 aliphatic rings. The van der Waals surface area contributed by atoms with Crippen molar-refractivity contribution in [2.24, 2.45) is 0 Å². The Bertz CT molecular complexity index is 1180.